The third-order valence-corrected chi connectivity index (χ3v) is 8.65. The Morgan fingerprint density at radius 1 is 0.820 bits per heavy atom. The number of rotatable bonds is 13. The van der Waals surface area contributed by atoms with Crippen molar-refractivity contribution in [2.24, 2.45) is 0 Å². The number of carbonyl (C=O) groups excluding carboxylic acids is 1. The van der Waals surface area contributed by atoms with Crippen LogP contribution >= 0.6 is 0 Å². The first-order valence-corrected chi connectivity index (χ1v) is 16.1. The first-order valence-electron chi connectivity index (χ1n) is 16.1. The minimum atomic E-state index is -4.43. The fourth-order valence-corrected chi connectivity index (χ4v) is 5.71. The average Bonchev–Trinajstić information content (AvgIpc) is 3.11. The maximum Gasteiger partial charge on any atom is 0.416 e. The van der Waals surface area contributed by atoms with Crippen LogP contribution in [-0.2, 0) is 36.9 Å². The van der Waals surface area contributed by atoms with E-state index in [2.05, 4.69) is 14.9 Å². The minimum absolute atomic E-state index is 0.0676. The van der Waals surface area contributed by atoms with E-state index in [1.807, 2.05) is 26.0 Å². The van der Waals surface area contributed by atoms with Gasteiger partial charge in [-0.05, 0) is 72.1 Å². The largest absolute Gasteiger partial charge is 0.416 e. The highest BCUT2D eigenvalue weighted by atomic mass is 19.4. The number of pyridine rings is 1. The average molecular weight is 696 g/mol. The van der Waals surface area contributed by atoms with Crippen LogP contribution < -0.4 is 5.56 Å². The summed E-state index contributed by atoms with van der Waals surface area (Å²) in [7, 11) is 0. The molecule has 0 spiro atoms. The number of hydrogen-bond donors (Lipinski definition) is 0. The zero-order valence-corrected chi connectivity index (χ0v) is 27.5. The van der Waals surface area contributed by atoms with E-state index in [0.29, 0.717) is 24.2 Å². The van der Waals surface area contributed by atoms with Crippen molar-refractivity contribution in [2.45, 2.75) is 46.0 Å². The number of benzene rings is 3. The molecule has 0 bridgehead atoms. The molecule has 5 aromatic rings. The molecule has 2 aromatic heterocycles. The van der Waals surface area contributed by atoms with Crippen molar-refractivity contribution in [1.29, 1.82) is 0 Å². The highest BCUT2D eigenvalue weighted by Crippen LogP contribution is 2.31. The predicted octanol–water partition coefficient (Wildman–Crippen LogP) is 7.05. The molecular weight excluding hydrogens is 660 g/mol. The highest BCUT2D eigenvalue weighted by molar-refractivity contribution is 5.80. The van der Waals surface area contributed by atoms with Crippen LogP contribution in [0.25, 0.3) is 22.2 Å². The summed E-state index contributed by atoms with van der Waals surface area (Å²) < 4.78 is 82.5. The van der Waals surface area contributed by atoms with Crippen molar-refractivity contribution in [1.82, 2.24) is 24.3 Å². The topological polar surface area (TPSA) is 71.3 Å². The molecule has 5 rings (SSSR count). The van der Waals surface area contributed by atoms with Gasteiger partial charge in [0.1, 0.15) is 18.0 Å². The smallest absolute Gasteiger partial charge is 0.336 e. The fourth-order valence-electron chi connectivity index (χ4n) is 5.71. The van der Waals surface area contributed by atoms with Gasteiger partial charge in [-0.1, -0.05) is 56.3 Å². The van der Waals surface area contributed by atoms with Crippen LogP contribution in [-0.4, -0.2) is 56.4 Å². The lowest BCUT2D eigenvalue weighted by Crippen LogP contribution is -2.40. The van der Waals surface area contributed by atoms with E-state index in [9.17, 15) is 35.9 Å². The van der Waals surface area contributed by atoms with Crippen LogP contribution in [0.3, 0.4) is 0 Å². The molecule has 7 nitrogen and oxygen atoms in total. The van der Waals surface area contributed by atoms with Gasteiger partial charge in [-0.15, -0.1) is 0 Å². The summed E-state index contributed by atoms with van der Waals surface area (Å²) >= 11 is 0. The van der Waals surface area contributed by atoms with Crippen molar-refractivity contribution in [3.8, 4) is 11.1 Å². The van der Waals surface area contributed by atoms with E-state index in [0.717, 1.165) is 42.9 Å². The number of aryl methyl sites for hydroxylation is 2. The summed E-state index contributed by atoms with van der Waals surface area (Å²) in [5.74, 6) is -4.44. The molecule has 0 N–H and O–H groups in total. The summed E-state index contributed by atoms with van der Waals surface area (Å²) in [5.41, 5.74) is 0.861. The Kier molecular flexibility index (Phi) is 11.4. The standard InChI is InChI=1S/C37H35F6N5O2/c1-3-46(4-2)20-21-47(22-24-7-9-25(10-8-24)26-11-15-28(16-12-26)37(41,42)43)32(49)23-48-31(45-36(50)29-6-5-19-44-35(29)48)18-14-27-13-17-30(38)34(40)33(27)39/h5-13,15-17,19H,3-4,14,18,20-23H2,1-2H3. The highest BCUT2D eigenvalue weighted by Gasteiger charge is 2.30. The maximum absolute atomic E-state index is 14.5. The Bertz CT molecular complexity index is 2010. The number of amides is 1. The van der Waals surface area contributed by atoms with Crippen LogP contribution in [0, 0.1) is 17.5 Å². The molecule has 1 amide bonds. The van der Waals surface area contributed by atoms with Gasteiger partial charge in [0, 0.05) is 32.3 Å². The molecule has 0 atom stereocenters. The van der Waals surface area contributed by atoms with E-state index < -0.39 is 34.8 Å². The van der Waals surface area contributed by atoms with Crippen LogP contribution in [0.4, 0.5) is 26.3 Å². The third-order valence-electron chi connectivity index (χ3n) is 8.65. The number of aromatic nitrogens is 3. The van der Waals surface area contributed by atoms with Gasteiger partial charge in [0.25, 0.3) is 5.56 Å². The molecule has 262 valence electrons. The van der Waals surface area contributed by atoms with E-state index >= 15 is 0 Å². The van der Waals surface area contributed by atoms with Crippen LogP contribution in [0.1, 0.15) is 36.4 Å². The van der Waals surface area contributed by atoms with Crippen LogP contribution in [0.5, 0.6) is 0 Å². The lowest BCUT2D eigenvalue weighted by Gasteiger charge is -2.27. The molecule has 0 unspecified atom stereocenters. The second kappa shape index (κ2) is 15.7. The van der Waals surface area contributed by atoms with Gasteiger partial charge in [-0.25, -0.2) is 18.2 Å². The predicted molar refractivity (Wildman–Crippen MR) is 178 cm³/mol. The van der Waals surface area contributed by atoms with Crippen molar-refractivity contribution in [3.05, 3.63) is 129 Å². The molecule has 50 heavy (non-hydrogen) atoms. The molecular formula is C37H35F6N5O2. The Morgan fingerprint density at radius 3 is 2.12 bits per heavy atom. The van der Waals surface area contributed by atoms with E-state index in [4.69, 9.17) is 0 Å². The zero-order valence-electron chi connectivity index (χ0n) is 27.5. The quantitative estimate of drug-likeness (QED) is 0.0976. The normalized spacial score (nSPS) is 11.8. The number of nitrogens with zero attached hydrogens (tertiary/aromatic N) is 5. The van der Waals surface area contributed by atoms with Gasteiger partial charge in [0.05, 0.1) is 10.9 Å². The fraction of sp³-hybridized carbons (Fsp3) is 0.297. The van der Waals surface area contributed by atoms with Crippen LogP contribution in [0.2, 0.25) is 0 Å². The molecule has 0 aliphatic rings. The molecule has 2 heterocycles. The third kappa shape index (κ3) is 8.39. The monoisotopic (exact) mass is 695 g/mol. The second-order valence-electron chi connectivity index (χ2n) is 11.7. The Hall–Kier alpha value is -5.04. The zero-order chi connectivity index (χ0) is 36.0. The molecule has 13 heteroatoms. The SMILES string of the molecule is CCN(CC)CCN(Cc1ccc(-c2ccc(C(F)(F)F)cc2)cc1)C(=O)Cn1c(CCc2ccc(F)c(F)c2F)nc(=O)c2cccnc21. The van der Waals surface area contributed by atoms with Crippen LogP contribution in [0.15, 0.2) is 83.8 Å². The van der Waals surface area contributed by atoms with E-state index in [-0.39, 0.29) is 54.3 Å². The first kappa shape index (κ1) is 36.2. The molecule has 0 aliphatic carbocycles. The number of hydrogen-bond acceptors (Lipinski definition) is 5. The molecule has 0 fully saturated rings. The molecule has 0 saturated heterocycles. The molecule has 3 aromatic carbocycles. The van der Waals surface area contributed by atoms with Gasteiger partial charge < -0.3 is 14.4 Å². The molecule has 0 aliphatic heterocycles. The Labute approximate surface area is 284 Å². The first-order chi connectivity index (χ1) is 23.9. The number of fused-ring (bicyclic) bond motifs is 1. The second-order valence-corrected chi connectivity index (χ2v) is 11.7. The summed E-state index contributed by atoms with van der Waals surface area (Å²) in [6.07, 6.45) is -3.16. The van der Waals surface area contributed by atoms with E-state index in [1.54, 1.807) is 23.1 Å². The maximum atomic E-state index is 14.5. The number of halogens is 6. The van der Waals surface area contributed by atoms with Gasteiger partial charge in [0.2, 0.25) is 5.91 Å². The number of alkyl halides is 3. The van der Waals surface area contributed by atoms with Gasteiger partial charge in [-0.2, -0.15) is 18.2 Å². The summed E-state index contributed by atoms with van der Waals surface area (Å²) in [5, 5.41) is 0.177. The summed E-state index contributed by atoms with van der Waals surface area (Å²) in [4.78, 5) is 39.4. The van der Waals surface area contributed by atoms with Crippen molar-refractivity contribution in [2.75, 3.05) is 26.2 Å². The van der Waals surface area contributed by atoms with Gasteiger partial charge in [0.15, 0.2) is 17.5 Å². The van der Waals surface area contributed by atoms with E-state index in [1.165, 1.54) is 29.0 Å². The van der Waals surface area contributed by atoms with Gasteiger partial charge in [-0.3, -0.25) is 9.59 Å². The van der Waals surface area contributed by atoms with Crippen molar-refractivity contribution < 1.29 is 31.1 Å². The lowest BCUT2D eigenvalue weighted by molar-refractivity contribution is -0.137. The van der Waals surface area contributed by atoms with Crippen molar-refractivity contribution >= 4 is 16.9 Å². The number of carbonyl (C=O) groups is 1. The van der Waals surface area contributed by atoms with Crippen molar-refractivity contribution in [3.63, 3.8) is 0 Å². The molecule has 0 radical (unpaired) electrons. The summed E-state index contributed by atoms with van der Waals surface area (Å²) in [6, 6.07) is 17.1. The Balaban J connectivity index is 1.42. The minimum Gasteiger partial charge on any atom is -0.336 e. The molecule has 0 saturated carbocycles. The summed E-state index contributed by atoms with van der Waals surface area (Å²) in [6.45, 7) is 6.44. The number of likely N-dealkylation sites (N-methyl/N-ethyl adjacent to an activating group) is 1. The Morgan fingerprint density at radius 2 is 1.48 bits per heavy atom. The van der Waals surface area contributed by atoms with Gasteiger partial charge >= 0.3 is 6.18 Å². The lowest BCUT2D eigenvalue weighted by atomic mass is 10.0.